The molecule has 182 valence electrons. The van der Waals surface area contributed by atoms with E-state index >= 15 is 0 Å². The van der Waals surface area contributed by atoms with E-state index in [1.165, 1.54) is 12.1 Å². The molecule has 0 aliphatic carbocycles. The van der Waals surface area contributed by atoms with Crippen LogP contribution >= 0.6 is 0 Å². The Balaban J connectivity index is 2.11. The molecule has 1 saturated heterocycles. The second-order valence-corrected chi connectivity index (χ2v) is 7.62. The zero-order valence-electron chi connectivity index (χ0n) is 18.8. The van der Waals surface area contributed by atoms with Gasteiger partial charge >= 0.3 is 23.9 Å². The van der Waals surface area contributed by atoms with Crippen LogP contribution in [0.3, 0.4) is 0 Å². The molecule has 34 heavy (non-hydrogen) atoms. The van der Waals surface area contributed by atoms with Gasteiger partial charge in [-0.2, -0.15) is 0 Å². The molecular formula is C22H23NO11. The summed E-state index contributed by atoms with van der Waals surface area (Å²) in [7, 11) is 0. The summed E-state index contributed by atoms with van der Waals surface area (Å²) in [4.78, 5) is 74.2. The van der Waals surface area contributed by atoms with Gasteiger partial charge in [0.2, 0.25) is 6.29 Å². The van der Waals surface area contributed by atoms with Gasteiger partial charge in [0.1, 0.15) is 18.8 Å². The lowest BCUT2D eigenvalue weighted by Gasteiger charge is -2.46. The quantitative estimate of drug-likeness (QED) is 0.317. The Morgan fingerprint density at radius 2 is 1.29 bits per heavy atom. The van der Waals surface area contributed by atoms with Gasteiger partial charge in [-0.1, -0.05) is 12.1 Å². The zero-order valence-corrected chi connectivity index (χ0v) is 18.8. The Morgan fingerprint density at radius 1 is 0.794 bits per heavy atom. The van der Waals surface area contributed by atoms with Gasteiger partial charge in [0.05, 0.1) is 11.1 Å². The van der Waals surface area contributed by atoms with Crippen LogP contribution in [0.25, 0.3) is 0 Å². The van der Waals surface area contributed by atoms with Gasteiger partial charge in [-0.3, -0.25) is 33.7 Å². The molecule has 0 radical (unpaired) electrons. The van der Waals surface area contributed by atoms with Crippen LogP contribution in [0.15, 0.2) is 24.3 Å². The maximum absolute atomic E-state index is 13.2. The molecule has 0 saturated carbocycles. The van der Waals surface area contributed by atoms with Gasteiger partial charge in [0.15, 0.2) is 12.2 Å². The average Bonchev–Trinajstić information content (AvgIpc) is 2.98. The standard InChI is InChI=1S/C22H23NO11/c1-10(24)30-9-16-18(31-11(2)25)19(32-12(3)26)17(22(34-16)33-13(4)27)23-20(28)14-7-5-6-8-15(14)21(23)29/h5-8,16-19,22H,9H2,1-4H3. The number of amides is 2. The summed E-state index contributed by atoms with van der Waals surface area (Å²) >= 11 is 0. The minimum Gasteiger partial charge on any atom is -0.463 e. The van der Waals surface area contributed by atoms with Crippen LogP contribution in [0, 0.1) is 0 Å². The van der Waals surface area contributed by atoms with E-state index < -0.39 is 72.9 Å². The van der Waals surface area contributed by atoms with Gasteiger partial charge in [0, 0.05) is 27.7 Å². The minimum atomic E-state index is -1.63. The predicted molar refractivity (Wildman–Crippen MR) is 109 cm³/mol. The van der Waals surface area contributed by atoms with E-state index in [4.69, 9.17) is 23.7 Å². The number of fused-ring (bicyclic) bond motifs is 1. The van der Waals surface area contributed by atoms with Crippen LogP contribution in [-0.4, -0.2) is 77.8 Å². The number of benzene rings is 1. The summed E-state index contributed by atoms with van der Waals surface area (Å²) in [6.07, 6.45) is -5.81. The summed E-state index contributed by atoms with van der Waals surface area (Å²) in [5.74, 6) is -4.64. The summed E-state index contributed by atoms with van der Waals surface area (Å²) in [6.45, 7) is 3.91. The van der Waals surface area contributed by atoms with Crippen LogP contribution in [0.4, 0.5) is 0 Å². The number of rotatable bonds is 6. The molecule has 5 unspecified atom stereocenters. The molecule has 5 atom stereocenters. The number of ether oxygens (including phenoxy) is 5. The summed E-state index contributed by atoms with van der Waals surface area (Å²) < 4.78 is 26.7. The SMILES string of the molecule is CC(=O)OCC1OC(OC(C)=O)C(N2C(=O)c3ccccc3C2=O)C(OC(C)=O)C1OC(C)=O. The van der Waals surface area contributed by atoms with Gasteiger partial charge in [-0.15, -0.1) is 0 Å². The van der Waals surface area contributed by atoms with Gasteiger partial charge in [-0.05, 0) is 12.1 Å². The number of hydrogen-bond acceptors (Lipinski definition) is 11. The second kappa shape index (κ2) is 10.00. The molecular weight excluding hydrogens is 454 g/mol. The average molecular weight is 477 g/mol. The van der Waals surface area contributed by atoms with Crippen molar-refractivity contribution < 1.29 is 52.5 Å². The summed E-state index contributed by atoms with van der Waals surface area (Å²) in [5, 5.41) is 0. The van der Waals surface area contributed by atoms with Crippen molar-refractivity contribution in [1.82, 2.24) is 4.90 Å². The van der Waals surface area contributed by atoms with E-state index in [0.29, 0.717) is 0 Å². The molecule has 3 rings (SSSR count). The molecule has 0 bridgehead atoms. The summed E-state index contributed by atoms with van der Waals surface area (Å²) in [5.41, 5.74) is 0.170. The molecule has 2 aliphatic heterocycles. The van der Waals surface area contributed by atoms with Crippen molar-refractivity contribution >= 4 is 35.7 Å². The first-order valence-electron chi connectivity index (χ1n) is 10.3. The number of esters is 4. The number of carbonyl (C=O) groups excluding carboxylic acids is 6. The van der Waals surface area contributed by atoms with Gasteiger partial charge < -0.3 is 23.7 Å². The van der Waals surface area contributed by atoms with E-state index in [9.17, 15) is 28.8 Å². The van der Waals surface area contributed by atoms with Crippen molar-refractivity contribution in [3.05, 3.63) is 35.4 Å². The first-order chi connectivity index (χ1) is 16.0. The molecule has 12 nitrogen and oxygen atoms in total. The monoisotopic (exact) mass is 477 g/mol. The maximum atomic E-state index is 13.2. The van der Waals surface area contributed by atoms with E-state index in [1.807, 2.05) is 0 Å². The van der Waals surface area contributed by atoms with Crippen LogP contribution < -0.4 is 0 Å². The van der Waals surface area contributed by atoms with E-state index in [1.54, 1.807) is 12.1 Å². The third kappa shape index (κ3) is 5.06. The normalized spacial score (nSPS) is 25.9. The van der Waals surface area contributed by atoms with E-state index in [-0.39, 0.29) is 11.1 Å². The largest absolute Gasteiger partial charge is 0.463 e. The van der Waals surface area contributed by atoms with E-state index in [0.717, 1.165) is 32.6 Å². The smallest absolute Gasteiger partial charge is 0.305 e. The molecule has 1 fully saturated rings. The van der Waals surface area contributed by atoms with Crippen molar-refractivity contribution in [3.63, 3.8) is 0 Å². The first kappa shape index (κ1) is 24.8. The Bertz CT molecular complexity index is 1000. The van der Waals surface area contributed by atoms with Crippen LogP contribution in [0.1, 0.15) is 48.4 Å². The van der Waals surface area contributed by atoms with Crippen LogP contribution in [0.2, 0.25) is 0 Å². The zero-order chi connectivity index (χ0) is 25.2. The molecule has 0 aromatic heterocycles. The Hall–Kier alpha value is -3.80. The molecule has 0 spiro atoms. The Labute approximate surface area is 194 Å². The highest BCUT2D eigenvalue weighted by Gasteiger charge is 2.58. The number of imide groups is 1. The van der Waals surface area contributed by atoms with Crippen molar-refractivity contribution in [2.75, 3.05) is 6.61 Å². The van der Waals surface area contributed by atoms with Crippen molar-refractivity contribution in [2.24, 2.45) is 0 Å². The lowest BCUT2D eigenvalue weighted by Crippen LogP contribution is -2.67. The third-order valence-electron chi connectivity index (χ3n) is 5.08. The molecule has 1 aromatic carbocycles. The molecule has 0 N–H and O–H groups in total. The lowest BCUT2D eigenvalue weighted by atomic mass is 9.94. The van der Waals surface area contributed by atoms with E-state index in [2.05, 4.69) is 0 Å². The number of carbonyl (C=O) groups is 6. The van der Waals surface area contributed by atoms with Crippen molar-refractivity contribution in [2.45, 2.75) is 58.3 Å². The van der Waals surface area contributed by atoms with Crippen molar-refractivity contribution in [3.8, 4) is 0 Å². The third-order valence-corrected chi connectivity index (χ3v) is 5.08. The summed E-state index contributed by atoms with van der Waals surface area (Å²) in [6, 6.07) is 4.49. The topological polar surface area (TPSA) is 152 Å². The second-order valence-electron chi connectivity index (χ2n) is 7.62. The van der Waals surface area contributed by atoms with Crippen LogP contribution in [-0.2, 0) is 42.9 Å². The molecule has 2 amide bonds. The fraction of sp³-hybridized carbons (Fsp3) is 0.455. The van der Waals surface area contributed by atoms with Crippen LogP contribution in [0.5, 0.6) is 0 Å². The molecule has 2 heterocycles. The maximum Gasteiger partial charge on any atom is 0.305 e. The van der Waals surface area contributed by atoms with Gasteiger partial charge in [0.25, 0.3) is 11.8 Å². The first-order valence-corrected chi connectivity index (χ1v) is 10.3. The Kier molecular flexibility index (Phi) is 7.30. The number of hydrogen-bond donors (Lipinski definition) is 0. The molecule has 1 aromatic rings. The highest BCUT2D eigenvalue weighted by molar-refractivity contribution is 6.21. The predicted octanol–water partition coefficient (Wildman–Crippen LogP) is 0.366. The van der Waals surface area contributed by atoms with Gasteiger partial charge in [-0.25, -0.2) is 0 Å². The number of nitrogens with zero attached hydrogens (tertiary/aromatic N) is 1. The molecule has 12 heteroatoms. The van der Waals surface area contributed by atoms with Crippen molar-refractivity contribution in [1.29, 1.82) is 0 Å². The Morgan fingerprint density at radius 3 is 1.76 bits per heavy atom. The minimum absolute atomic E-state index is 0.0849. The molecule has 2 aliphatic rings. The fourth-order valence-corrected chi connectivity index (χ4v) is 3.90. The highest BCUT2D eigenvalue weighted by Crippen LogP contribution is 2.35. The fourth-order valence-electron chi connectivity index (χ4n) is 3.90. The highest BCUT2D eigenvalue weighted by atomic mass is 16.7. The lowest BCUT2D eigenvalue weighted by molar-refractivity contribution is -0.278.